The first kappa shape index (κ1) is 13.9. The summed E-state index contributed by atoms with van der Waals surface area (Å²) >= 11 is 0. The summed E-state index contributed by atoms with van der Waals surface area (Å²) in [4.78, 5) is 15.1. The van der Waals surface area contributed by atoms with Crippen LogP contribution >= 0.6 is 0 Å². The number of nitrogen functional groups attached to an aromatic ring is 1. The Kier molecular flexibility index (Phi) is 4.60. The molecular formula is C14H18N4O2. The molecule has 1 aromatic heterocycles. The van der Waals surface area contributed by atoms with Gasteiger partial charge in [-0.05, 0) is 31.0 Å². The lowest BCUT2D eigenvalue weighted by Crippen LogP contribution is -2.09. The summed E-state index contributed by atoms with van der Waals surface area (Å²) in [6, 6.07) is 4.87. The molecule has 0 atom stereocenters. The Hall–Kier alpha value is -2.50. The molecule has 2 rings (SSSR count). The summed E-state index contributed by atoms with van der Waals surface area (Å²) in [7, 11) is 0. The minimum Gasteiger partial charge on any atom is -0.478 e. The van der Waals surface area contributed by atoms with Crippen LogP contribution in [0.1, 0.15) is 23.2 Å². The van der Waals surface area contributed by atoms with E-state index in [-0.39, 0.29) is 5.56 Å². The number of benzene rings is 1. The highest BCUT2D eigenvalue weighted by Gasteiger charge is 2.09. The molecule has 0 fully saturated rings. The summed E-state index contributed by atoms with van der Waals surface area (Å²) in [5.74, 6) is -0.974. The predicted molar refractivity (Wildman–Crippen MR) is 77.8 cm³/mol. The zero-order chi connectivity index (χ0) is 14.4. The van der Waals surface area contributed by atoms with Gasteiger partial charge in [-0.2, -0.15) is 0 Å². The van der Waals surface area contributed by atoms with Crippen molar-refractivity contribution in [3.8, 4) is 0 Å². The van der Waals surface area contributed by atoms with Gasteiger partial charge in [0.25, 0.3) is 0 Å². The zero-order valence-corrected chi connectivity index (χ0v) is 11.1. The molecule has 0 amide bonds. The molecule has 2 aromatic rings. The first-order valence-corrected chi connectivity index (χ1v) is 6.49. The molecule has 1 aromatic carbocycles. The van der Waals surface area contributed by atoms with E-state index in [0.29, 0.717) is 11.4 Å². The Morgan fingerprint density at radius 1 is 1.40 bits per heavy atom. The Balaban J connectivity index is 1.80. The largest absolute Gasteiger partial charge is 0.478 e. The molecule has 0 saturated heterocycles. The molecule has 4 N–H and O–H groups in total. The van der Waals surface area contributed by atoms with E-state index in [4.69, 9.17) is 10.8 Å². The summed E-state index contributed by atoms with van der Waals surface area (Å²) in [5, 5.41) is 12.3. The van der Waals surface area contributed by atoms with Crippen LogP contribution < -0.4 is 11.1 Å². The fraction of sp³-hybridized carbons (Fsp3) is 0.286. The van der Waals surface area contributed by atoms with Crippen LogP contribution in [-0.2, 0) is 6.54 Å². The molecule has 20 heavy (non-hydrogen) atoms. The number of unbranched alkanes of at least 4 members (excludes halogenated alkanes) is 1. The third-order valence-electron chi connectivity index (χ3n) is 2.99. The molecule has 106 valence electrons. The molecule has 0 aliphatic heterocycles. The van der Waals surface area contributed by atoms with Gasteiger partial charge in [-0.1, -0.05) is 0 Å². The van der Waals surface area contributed by atoms with Crippen LogP contribution in [0, 0.1) is 0 Å². The van der Waals surface area contributed by atoms with Gasteiger partial charge in [-0.15, -0.1) is 0 Å². The highest BCUT2D eigenvalue weighted by molar-refractivity contribution is 5.95. The number of aromatic carboxylic acids is 1. The number of carboxylic acids is 1. The van der Waals surface area contributed by atoms with Gasteiger partial charge in [-0.25, -0.2) is 9.78 Å². The van der Waals surface area contributed by atoms with Crippen molar-refractivity contribution in [1.29, 1.82) is 0 Å². The second kappa shape index (κ2) is 6.60. The van der Waals surface area contributed by atoms with E-state index in [1.54, 1.807) is 24.7 Å². The first-order valence-electron chi connectivity index (χ1n) is 6.49. The highest BCUT2D eigenvalue weighted by atomic mass is 16.4. The third-order valence-corrected chi connectivity index (χ3v) is 2.99. The molecule has 0 unspecified atom stereocenters. The van der Waals surface area contributed by atoms with Crippen LogP contribution in [0.25, 0.3) is 0 Å². The molecule has 6 heteroatoms. The molecular weight excluding hydrogens is 256 g/mol. The molecule has 6 nitrogen and oxygen atoms in total. The number of aryl methyl sites for hydroxylation is 1. The van der Waals surface area contributed by atoms with Gasteiger partial charge in [-0.3, -0.25) is 0 Å². The van der Waals surface area contributed by atoms with Crippen molar-refractivity contribution in [3.63, 3.8) is 0 Å². The quantitative estimate of drug-likeness (QED) is 0.531. The number of anilines is 2. The topological polar surface area (TPSA) is 93.2 Å². The van der Waals surface area contributed by atoms with Gasteiger partial charge in [0.2, 0.25) is 0 Å². The van der Waals surface area contributed by atoms with Crippen LogP contribution in [0.2, 0.25) is 0 Å². The number of rotatable bonds is 7. The smallest absolute Gasteiger partial charge is 0.337 e. The van der Waals surface area contributed by atoms with Gasteiger partial charge in [0.15, 0.2) is 0 Å². The van der Waals surface area contributed by atoms with E-state index in [0.717, 1.165) is 25.9 Å². The Bertz CT molecular complexity index is 567. The van der Waals surface area contributed by atoms with E-state index < -0.39 is 5.97 Å². The normalized spacial score (nSPS) is 10.4. The average Bonchev–Trinajstić information content (AvgIpc) is 2.92. The maximum Gasteiger partial charge on any atom is 0.337 e. The lowest BCUT2D eigenvalue weighted by atomic mass is 10.1. The summed E-state index contributed by atoms with van der Waals surface area (Å²) in [5.41, 5.74) is 6.86. The summed E-state index contributed by atoms with van der Waals surface area (Å²) in [6.07, 6.45) is 7.42. The lowest BCUT2D eigenvalue weighted by molar-refractivity contribution is 0.0698. The van der Waals surface area contributed by atoms with E-state index in [1.807, 2.05) is 10.8 Å². The Morgan fingerprint density at radius 3 is 2.95 bits per heavy atom. The number of hydrogen-bond donors (Lipinski definition) is 3. The number of nitrogens with two attached hydrogens (primary N) is 1. The Morgan fingerprint density at radius 2 is 2.25 bits per heavy atom. The lowest BCUT2D eigenvalue weighted by Gasteiger charge is -2.10. The van der Waals surface area contributed by atoms with Gasteiger partial charge in [0.1, 0.15) is 0 Å². The van der Waals surface area contributed by atoms with Crippen LogP contribution in [0.15, 0.2) is 36.9 Å². The van der Waals surface area contributed by atoms with Crippen molar-refractivity contribution in [2.45, 2.75) is 19.4 Å². The van der Waals surface area contributed by atoms with Gasteiger partial charge < -0.3 is 20.7 Å². The molecule has 0 saturated carbocycles. The second-order valence-electron chi connectivity index (χ2n) is 4.54. The van der Waals surface area contributed by atoms with Gasteiger partial charge >= 0.3 is 5.97 Å². The van der Waals surface area contributed by atoms with Crippen molar-refractivity contribution < 1.29 is 9.90 Å². The highest BCUT2D eigenvalue weighted by Crippen LogP contribution is 2.19. The van der Waals surface area contributed by atoms with Crippen LogP contribution in [0.4, 0.5) is 11.4 Å². The second-order valence-corrected chi connectivity index (χ2v) is 4.54. The molecule has 0 radical (unpaired) electrons. The molecule has 0 bridgehead atoms. The molecule has 0 spiro atoms. The van der Waals surface area contributed by atoms with Crippen LogP contribution in [-0.4, -0.2) is 27.2 Å². The van der Waals surface area contributed by atoms with Crippen molar-refractivity contribution >= 4 is 17.3 Å². The molecule has 0 aliphatic carbocycles. The fourth-order valence-electron chi connectivity index (χ4n) is 1.95. The number of nitrogens with one attached hydrogen (secondary N) is 1. The minimum atomic E-state index is -0.974. The SMILES string of the molecule is Nc1ccc(NCCCCn2ccnc2)c(C(=O)O)c1. The standard InChI is InChI=1S/C14H18N4O2/c15-11-3-4-13(12(9-11)14(19)20)17-5-1-2-7-18-8-6-16-10-18/h3-4,6,8-10,17H,1-2,5,7,15H2,(H,19,20). The van der Waals surface area contributed by atoms with Gasteiger partial charge in [0, 0.05) is 36.9 Å². The third kappa shape index (κ3) is 3.74. The maximum absolute atomic E-state index is 11.1. The van der Waals surface area contributed by atoms with Crippen molar-refractivity contribution in [1.82, 2.24) is 9.55 Å². The van der Waals surface area contributed by atoms with Crippen molar-refractivity contribution in [2.75, 3.05) is 17.6 Å². The zero-order valence-electron chi connectivity index (χ0n) is 11.1. The maximum atomic E-state index is 11.1. The van der Waals surface area contributed by atoms with Crippen LogP contribution in [0.3, 0.4) is 0 Å². The predicted octanol–water partition coefficient (Wildman–Crippen LogP) is 2.06. The van der Waals surface area contributed by atoms with Gasteiger partial charge in [0.05, 0.1) is 11.9 Å². The number of aromatic nitrogens is 2. The first-order chi connectivity index (χ1) is 9.66. The van der Waals surface area contributed by atoms with E-state index in [1.165, 1.54) is 6.07 Å². The number of carboxylic acid groups (broad SMARTS) is 1. The average molecular weight is 274 g/mol. The van der Waals surface area contributed by atoms with Crippen LogP contribution in [0.5, 0.6) is 0 Å². The molecule has 1 heterocycles. The van der Waals surface area contributed by atoms with E-state index in [9.17, 15) is 4.79 Å². The van der Waals surface area contributed by atoms with Crippen molar-refractivity contribution in [2.24, 2.45) is 0 Å². The fourth-order valence-corrected chi connectivity index (χ4v) is 1.95. The van der Waals surface area contributed by atoms with Crippen molar-refractivity contribution in [3.05, 3.63) is 42.5 Å². The van der Waals surface area contributed by atoms with E-state index in [2.05, 4.69) is 10.3 Å². The van der Waals surface area contributed by atoms with E-state index >= 15 is 0 Å². The number of carbonyl (C=O) groups is 1. The molecule has 0 aliphatic rings. The minimum absolute atomic E-state index is 0.208. The summed E-state index contributed by atoms with van der Waals surface area (Å²) in [6.45, 7) is 1.63. The Labute approximate surface area is 117 Å². The number of hydrogen-bond acceptors (Lipinski definition) is 4. The monoisotopic (exact) mass is 274 g/mol. The summed E-state index contributed by atoms with van der Waals surface area (Å²) < 4.78 is 2.02. The number of nitrogens with zero attached hydrogens (tertiary/aromatic N) is 2. The number of imidazole rings is 1.